The van der Waals surface area contributed by atoms with E-state index in [-0.39, 0.29) is 12.1 Å². The summed E-state index contributed by atoms with van der Waals surface area (Å²) in [6, 6.07) is 4.37. The molecule has 0 saturated carbocycles. The van der Waals surface area contributed by atoms with Crippen LogP contribution in [0.5, 0.6) is 0 Å². The van der Waals surface area contributed by atoms with Gasteiger partial charge in [0.2, 0.25) is 5.91 Å². The summed E-state index contributed by atoms with van der Waals surface area (Å²) in [6.45, 7) is -0.250. The number of carbonyl (C=O) groups is 1. The highest BCUT2D eigenvalue weighted by molar-refractivity contribution is 6.03. The number of alkyl halides is 4. The SMILES string of the molecule is CN1CC[C@@H](Nc2cccc3c2CC(=O)N3CC(F)(F)F)[C@@H](F)C1. The molecule has 0 unspecified atom stereocenters. The first-order chi connectivity index (χ1) is 11.2. The smallest absolute Gasteiger partial charge is 0.379 e. The molecule has 3 rings (SSSR count). The molecule has 2 aliphatic rings. The molecular formula is C16H19F4N3O. The standard InChI is InChI=1S/C16H19F4N3O/c1-22-6-5-13(11(17)8-22)21-12-3-2-4-14-10(12)7-15(24)23(14)9-16(18,19)20/h2-4,11,13,21H,5-9H2,1H3/t11-,13+/m0/s1. The highest BCUT2D eigenvalue weighted by Crippen LogP contribution is 2.37. The third-order valence-electron chi connectivity index (χ3n) is 4.49. The van der Waals surface area contributed by atoms with Gasteiger partial charge in [0.15, 0.2) is 0 Å². The normalized spacial score (nSPS) is 25.0. The molecule has 4 nitrogen and oxygen atoms in total. The van der Waals surface area contributed by atoms with Gasteiger partial charge in [0.05, 0.1) is 12.5 Å². The molecule has 0 bridgehead atoms. The monoisotopic (exact) mass is 345 g/mol. The van der Waals surface area contributed by atoms with Crippen molar-refractivity contribution in [1.82, 2.24) is 4.90 Å². The van der Waals surface area contributed by atoms with Crippen LogP contribution in [0.15, 0.2) is 18.2 Å². The Morgan fingerprint density at radius 1 is 1.33 bits per heavy atom. The molecule has 24 heavy (non-hydrogen) atoms. The highest BCUT2D eigenvalue weighted by atomic mass is 19.4. The summed E-state index contributed by atoms with van der Waals surface area (Å²) in [7, 11) is 1.84. The lowest BCUT2D eigenvalue weighted by Crippen LogP contribution is -2.46. The summed E-state index contributed by atoms with van der Waals surface area (Å²) in [5.41, 5.74) is 1.31. The maximum atomic E-state index is 14.2. The molecule has 0 radical (unpaired) electrons. The van der Waals surface area contributed by atoms with E-state index in [1.807, 2.05) is 11.9 Å². The van der Waals surface area contributed by atoms with Gasteiger partial charge in [-0.2, -0.15) is 13.2 Å². The minimum Gasteiger partial charge on any atom is -0.379 e. The summed E-state index contributed by atoms with van der Waals surface area (Å²) in [4.78, 5) is 14.6. The molecule has 8 heteroatoms. The maximum absolute atomic E-state index is 14.2. The fourth-order valence-corrected chi connectivity index (χ4v) is 3.30. The van der Waals surface area contributed by atoms with Gasteiger partial charge in [0.25, 0.3) is 0 Å². The molecular weight excluding hydrogens is 326 g/mol. The van der Waals surface area contributed by atoms with E-state index in [1.165, 1.54) is 6.07 Å². The second-order valence-electron chi connectivity index (χ2n) is 6.39. The molecule has 0 aliphatic carbocycles. The van der Waals surface area contributed by atoms with Gasteiger partial charge in [-0.1, -0.05) is 6.07 Å². The quantitative estimate of drug-likeness (QED) is 0.856. The Labute approximate surface area is 137 Å². The number of nitrogens with zero attached hydrogens (tertiary/aromatic N) is 2. The van der Waals surface area contributed by atoms with E-state index in [1.54, 1.807) is 12.1 Å². The lowest BCUT2D eigenvalue weighted by molar-refractivity contribution is -0.131. The van der Waals surface area contributed by atoms with Gasteiger partial charge in [-0.25, -0.2) is 4.39 Å². The summed E-state index contributed by atoms with van der Waals surface area (Å²) in [6.07, 6.45) is -5.03. The van der Waals surface area contributed by atoms with Crippen LogP contribution >= 0.6 is 0 Å². The van der Waals surface area contributed by atoms with Gasteiger partial charge >= 0.3 is 6.18 Å². The molecule has 1 fully saturated rings. The van der Waals surface area contributed by atoms with Crippen LogP contribution in [0.1, 0.15) is 12.0 Å². The Morgan fingerprint density at radius 3 is 2.75 bits per heavy atom. The van der Waals surface area contributed by atoms with E-state index in [2.05, 4.69) is 5.32 Å². The van der Waals surface area contributed by atoms with Crippen LogP contribution in [0.2, 0.25) is 0 Å². The van der Waals surface area contributed by atoms with Crippen molar-refractivity contribution in [3.63, 3.8) is 0 Å². The Balaban J connectivity index is 1.81. The summed E-state index contributed by atoms with van der Waals surface area (Å²) < 4.78 is 52.2. The number of nitrogens with one attached hydrogen (secondary N) is 1. The topological polar surface area (TPSA) is 35.6 Å². The Morgan fingerprint density at radius 2 is 2.08 bits per heavy atom. The second kappa shape index (κ2) is 6.23. The Kier molecular flexibility index (Phi) is 4.42. The van der Waals surface area contributed by atoms with Gasteiger partial charge in [0.1, 0.15) is 12.7 Å². The molecule has 2 atom stereocenters. The first-order valence-corrected chi connectivity index (χ1v) is 7.83. The molecule has 0 spiro atoms. The number of amides is 1. The molecule has 132 valence electrons. The van der Waals surface area contributed by atoms with Gasteiger partial charge < -0.3 is 15.1 Å². The zero-order valence-corrected chi connectivity index (χ0v) is 13.2. The number of rotatable bonds is 3. The Bertz CT molecular complexity index is 634. The van der Waals surface area contributed by atoms with Crippen molar-refractivity contribution >= 4 is 17.3 Å². The van der Waals surface area contributed by atoms with Crippen molar-refractivity contribution in [3.8, 4) is 0 Å². The minimum atomic E-state index is -4.46. The van der Waals surface area contributed by atoms with Crippen LogP contribution < -0.4 is 10.2 Å². The zero-order valence-electron chi connectivity index (χ0n) is 13.2. The van der Waals surface area contributed by atoms with Gasteiger partial charge in [-0.3, -0.25) is 4.79 Å². The minimum absolute atomic E-state index is 0.0990. The average molecular weight is 345 g/mol. The average Bonchev–Trinajstić information content (AvgIpc) is 2.78. The van der Waals surface area contributed by atoms with E-state index in [0.29, 0.717) is 24.2 Å². The van der Waals surface area contributed by atoms with Crippen molar-refractivity contribution in [2.24, 2.45) is 0 Å². The Hall–Kier alpha value is -1.83. The summed E-state index contributed by atoms with van der Waals surface area (Å²) in [5, 5.41) is 3.09. The summed E-state index contributed by atoms with van der Waals surface area (Å²) in [5.74, 6) is -0.586. The van der Waals surface area contributed by atoms with Crippen molar-refractivity contribution in [1.29, 1.82) is 0 Å². The first kappa shape index (κ1) is 17.0. The number of piperidine rings is 1. The number of hydrogen-bond acceptors (Lipinski definition) is 3. The number of benzene rings is 1. The van der Waals surface area contributed by atoms with Crippen molar-refractivity contribution in [3.05, 3.63) is 23.8 Å². The van der Waals surface area contributed by atoms with Crippen molar-refractivity contribution in [2.45, 2.75) is 31.2 Å². The van der Waals surface area contributed by atoms with Crippen molar-refractivity contribution in [2.75, 3.05) is 36.9 Å². The van der Waals surface area contributed by atoms with Gasteiger partial charge in [-0.05, 0) is 25.6 Å². The van der Waals surface area contributed by atoms with E-state index in [9.17, 15) is 22.4 Å². The summed E-state index contributed by atoms with van der Waals surface area (Å²) >= 11 is 0. The van der Waals surface area contributed by atoms with E-state index in [0.717, 1.165) is 11.4 Å². The predicted octanol–water partition coefficient (Wildman–Crippen LogP) is 2.59. The third-order valence-corrected chi connectivity index (χ3v) is 4.49. The van der Waals surface area contributed by atoms with Crippen molar-refractivity contribution < 1.29 is 22.4 Å². The van der Waals surface area contributed by atoms with Crippen LogP contribution in [-0.4, -0.2) is 55.9 Å². The number of carbonyl (C=O) groups excluding carboxylic acids is 1. The zero-order chi connectivity index (χ0) is 17.5. The lowest BCUT2D eigenvalue weighted by Gasteiger charge is -2.33. The highest BCUT2D eigenvalue weighted by Gasteiger charge is 2.39. The number of halogens is 4. The first-order valence-electron chi connectivity index (χ1n) is 7.83. The van der Waals surface area contributed by atoms with E-state index >= 15 is 0 Å². The molecule has 1 aromatic carbocycles. The maximum Gasteiger partial charge on any atom is 0.406 e. The van der Waals surface area contributed by atoms with Crippen LogP contribution in [-0.2, 0) is 11.2 Å². The largest absolute Gasteiger partial charge is 0.406 e. The predicted molar refractivity (Wildman–Crippen MR) is 83.0 cm³/mol. The lowest BCUT2D eigenvalue weighted by atomic mass is 10.0. The number of anilines is 2. The van der Waals surface area contributed by atoms with Crippen LogP contribution in [0.25, 0.3) is 0 Å². The molecule has 1 amide bonds. The molecule has 0 aromatic heterocycles. The number of hydrogen-bond donors (Lipinski definition) is 1. The molecule has 1 aromatic rings. The van der Waals surface area contributed by atoms with Crippen LogP contribution in [0.3, 0.4) is 0 Å². The second-order valence-corrected chi connectivity index (χ2v) is 6.39. The van der Waals surface area contributed by atoms with E-state index in [4.69, 9.17) is 0 Å². The number of fused-ring (bicyclic) bond motifs is 1. The van der Waals surface area contributed by atoms with Crippen LogP contribution in [0, 0.1) is 0 Å². The molecule has 1 N–H and O–H groups in total. The number of likely N-dealkylation sites (tertiary alicyclic amines) is 1. The fraction of sp³-hybridized carbons (Fsp3) is 0.562. The molecule has 1 saturated heterocycles. The van der Waals surface area contributed by atoms with Crippen LogP contribution in [0.4, 0.5) is 28.9 Å². The van der Waals surface area contributed by atoms with Gasteiger partial charge in [-0.15, -0.1) is 0 Å². The van der Waals surface area contributed by atoms with E-state index < -0.39 is 30.8 Å². The van der Waals surface area contributed by atoms with Gasteiger partial charge in [0, 0.05) is 30.0 Å². The fourth-order valence-electron chi connectivity index (χ4n) is 3.30. The molecule has 2 heterocycles. The third kappa shape index (κ3) is 3.48. The molecule has 2 aliphatic heterocycles.